The Morgan fingerprint density at radius 1 is 1.11 bits per heavy atom. The van der Waals surface area contributed by atoms with Crippen LogP contribution in [0.1, 0.15) is 49.4 Å². The zero-order valence-electron chi connectivity index (χ0n) is 10.9. The van der Waals surface area contributed by atoms with Gasteiger partial charge in [0.25, 0.3) is 0 Å². The third-order valence-electron chi connectivity index (χ3n) is 3.96. The fraction of sp³-hybridized carbons (Fsp3) is 0.500. The smallest absolute Gasteiger partial charge is 0.170 e. The van der Waals surface area contributed by atoms with E-state index in [0.717, 1.165) is 19.3 Å². The molecule has 2 nitrogen and oxygen atoms in total. The Morgan fingerprint density at radius 3 is 2.44 bits per heavy atom. The lowest BCUT2D eigenvalue weighted by Crippen LogP contribution is -2.27. The summed E-state index contributed by atoms with van der Waals surface area (Å²) in [7, 11) is 0. The minimum atomic E-state index is -0.0432. The van der Waals surface area contributed by atoms with Gasteiger partial charge in [-0.05, 0) is 12.3 Å². The molecule has 1 aliphatic rings. The molecule has 18 heavy (non-hydrogen) atoms. The molecule has 96 valence electrons. The average Bonchev–Trinajstić information content (AvgIpc) is 2.40. The molecule has 0 amide bonds. The van der Waals surface area contributed by atoms with Crippen LogP contribution in [0, 0.1) is 11.8 Å². The van der Waals surface area contributed by atoms with E-state index in [4.69, 9.17) is 0 Å². The van der Waals surface area contributed by atoms with E-state index in [9.17, 15) is 9.59 Å². The minimum absolute atomic E-state index is 0.0432. The summed E-state index contributed by atoms with van der Waals surface area (Å²) in [5.74, 6) is 0.635. The summed E-state index contributed by atoms with van der Waals surface area (Å²) in [6.45, 7) is 2.13. The second-order valence-corrected chi connectivity index (χ2v) is 5.30. The van der Waals surface area contributed by atoms with Crippen molar-refractivity contribution in [3.63, 3.8) is 0 Å². The Hall–Kier alpha value is -1.44. The molecule has 1 fully saturated rings. The predicted octanol–water partition coefficient (Wildman–Crippen LogP) is 3.65. The number of ketones is 2. The number of rotatable bonds is 4. The molecule has 1 aromatic carbocycles. The van der Waals surface area contributed by atoms with Crippen LogP contribution in [0.15, 0.2) is 30.3 Å². The lowest BCUT2D eigenvalue weighted by Gasteiger charge is -2.27. The van der Waals surface area contributed by atoms with Crippen molar-refractivity contribution in [1.29, 1.82) is 0 Å². The average molecular weight is 244 g/mol. The van der Waals surface area contributed by atoms with Crippen molar-refractivity contribution in [2.45, 2.75) is 39.0 Å². The highest BCUT2D eigenvalue weighted by Crippen LogP contribution is 2.31. The molecule has 0 bridgehead atoms. The van der Waals surface area contributed by atoms with Gasteiger partial charge in [0.15, 0.2) is 5.78 Å². The van der Waals surface area contributed by atoms with E-state index in [1.54, 1.807) is 12.1 Å². The van der Waals surface area contributed by atoms with Gasteiger partial charge in [-0.3, -0.25) is 9.59 Å². The summed E-state index contributed by atoms with van der Waals surface area (Å²) in [6.07, 6.45) is 4.49. The molecule has 1 saturated carbocycles. The summed E-state index contributed by atoms with van der Waals surface area (Å²) in [5.41, 5.74) is 0.648. The molecule has 0 radical (unpaired) electrons. The quantitative estimate of drug-likeness (QED) is 0.598. The van der Waals surface area contributed by atoms with Crippen LogP contribution < -0.4 is 0 Å². The van der Waals surface area contributed by atoms with E-state index in [1.807, 2.05) is 18.2 Å². The van der Waals surface area contributed by atoms with E-state index in [-0.39, 0.29) is 23.9 Å². The SMILES string of the molecule is CC1CCCCC1C(=O)CC(=O)c1ccccc1. The number of hydrogen-bond donors (Lipinski definition) is 0. The first kappa shape index (κ1) is 13.0. The minimum Gasteiger partial charge on any atom is -0.299 e. The molecule has 0 spiro atoms. The van der Waals surface area contributed by atoms with Crippen LogP contribution in [0.3, 0.4) is 0 Å². The molecule has 1 aromatic rings. The zero-order valence-corrected chi connectivity index (χ0v) is 10.9. The maximum Gasteiger partial charge on any atom is 0.170 e. The molecular weight excluding hydrogens is 224 g/mol. The van der Waals surface area contributed by atoms with Crippen molar-refractivity contribution in [2.24, 2.45) is 11.8 Å². The molecule has 2 unspecified atom stereocenters. The van der Waals surface area contributed by atoms with E-state index in [0.29, 0.717) is 11.5 Å². The van der Waals surface area contributed by atoms with Crippen LogP contribution >= 0.6 is 0 Å². The normalized spacial score (nSPS) is 23.6. The van der Waals surface area contributed by atoms with Crippen molar-refractivity contribution < 1.29 is 9.59 Å². The zero-order chi connectivity index (χ0) is 13.0. The molecule has 2 rings (SSSR count). The largest absolute Gasteiger partial charge is 0.299 e. The molecule has 0 aromatic heterocycles. The molecule has 0 aliphatic heterocycles. The van der Waals surface area contributed by atoms with Crippen molar-refractivity contribution in [3.05, 3.63) is 35.9 Å². The van der Waals surface area contributed by atoms with Crippen LogP contribution in [0.25, 0.3) is 0 Å². The number of Topliss-reactive ketones (excluding diaryl/α,β-unsaturated/α-hetero) is 2. The number of benzene rings is 1. The topological polar surface area (TPSA) is 34.1 Å². The Kier molecular flexibility index (Phi) is 4.29. The Bertz CT molecular complexity index is 422. The third-order valence-corrected chi connectivity index (χ3v) is 3.96. The van der Waals surface area contributed by atoms with Gasteiger partial charge in [-0.25, -0.2) is 0 Å². The van der Waals surface area contributed by atoms with E-state index >= 15 is 0 Å². The van der Waals surface area contributed by atoms with Crippen molar-refractivity contribution in [3.8, 4) is 0 Å². The van der Waals surface area contributed by atoms with Crippen molar-refractivity contribution >= 4 is 11.6 Å². The van der Waals surface area contributed by atoms with Gasteiger partial charge in [-0.15, -0.1) is 0 Å². The van der Waals surface area contributed by atoms with Gasteiger partial charge in [0.2, 0.25) is 0 Å². The highest BCUT2D eigenvalue weighted by molar-refractivity contribution is 6.08. The standard InChI is InChI=1S/C16H20O2/c1-12-7-5-6-10-14(12)16(18)11-15(17)13-8-3-2-4-9-13/h2-4,8-9,12,14H,5-7,10-11H2,1H3. The maximum absolute atomic E-state index is 12.2. The number of carbonyl (C=O) groups excluding carboxylic acids is 2. The van der Waals surface area contributed by atoms with Crippen molar-refractivity contribution in [1.82, 2.24) is 0 Å². The van der Waals surface area contributed by atoms with E-state index in [1.165, 1.54) is 6.42 Å². The Labute approximate surface area is 108 Å². The van der Waals surface area contributed by atoms with Gasteiger partial charge in [-0.1, -0.05) is 56.5 Å². The van der Waals surface area contributed by atoms with Crippen LogP contribution in [-0.2, 0) is 4.79 Å². The molecule has 0 heterocycles. The Morgan fingerprint density at radius 2 is 1.78 bits per heavy atom. The summed E-state index contributed by atoms with van der Waals surface area (Å²) in [4.78, 5) is 24.2. The van der Waals surface area contributed by atoms with Gasteiger partial charge >= 0.3 is 0 Å². The van der Waals surface area contributed by atoms with Gasteiger partial charge < -0.3 is 0 Å². The summed E-state index contributed by atoms with van der Waals surface area (Å²) in [6, 6.07) is 9.10. The first-order chi connectivity index (χ1) is 8.68. The molecule has 2 atom stereocenters. The van der Waals surface area contributed by atoms with E-state index in [2.05, 4.69) is 6.92 Å². The van der Waals surface area contributed by atoms with Crippen LogP contribution in [0.2, 0.25) is 0 Å². The molecule has 1 aliphatic carbocycles. The lowest BCUT2D eigenvalue weighted by atomic mass is 9.77. The molecule has 0 N–H and O–H groups in total. The fourth-order valence-corrected chi connectivity index (χ4v) is 2.81. The lowest BCUT2D eigenvalue weighted by molar-refractivity contribution is -0.124. The molecule has 2 heteroatoms. The monoisotopic (exact) mass is 244 g/mol. The van der Waals surface area contributed by atoms with Gasteiger partial charge in [-0.2, -0.15) is 0 Å². The van der Waals surface area contributed by atoms with Gasteiger partial charge in [0.05, 0.1) is 6.42 Å². The highest BCUT2D eigenvalue weighted by Gasteiger charge is 2.28. The first-order valence-electron chi connectivity index (χ1n) is 6.79. The highest BCUT2D eigenvalue weighted by atomic mass is 16.1. The van der Waals surface area contributed by atoms with E-state index < -0.39 is 0 Å². The van der Waals surface area contributed by atoms with Gasteiger partial charge in [0, 0.05) is 11.5 Å². The number of hydrogen-bond acceptors (Lipinski definition) is 2. The summed E-state index contributed by atoms with van der Waals surface area (Å²) >= 11 is 0. The predicted molar refractivity (Wildman–Crippen MR) is 71.5 cm³/mol. The first-order valence-corrected chi connectivity index (χ1v) is 6.79. The number of carbonyl (C=O) groups is 2. The second kappa shape index (κ2) is 5.94. The van der Waals surface area contributed by atoms with Crippen LogP contribution in [-0.4, -0.2) is 11.6 Å². The fourth-order valence-electron chi connectivity index (χ4n) is 2.81. The summed E-state index contributed by atoms with van der Waals surface area (Å²) in [5, 5.41) is 0. The molecular formula is C16H20O2. The third kappa shape index (κ3) is 3.06. The van der Waals surface area contributed by atoms with Crippen molar-refractivity contribution in [2.75, 3.05) is 0 Å². The summed E-state index contributed by atoms with van der Waals surface area (Å²) < 4.78 is 0. The van der Waals surface area contributed by atoms with Crippen LogP contribution in [0.5, 0.6) is 0 Å². The Balaban J connectivity index is 1.97. The maximum atomic E-state index is 12.2. The second-order valence-electron chi connectivity index (χ2n) is 5.30. The molecule has 0 saturated heterocycles. The van der Waals surface area contributed by atoms with Crippen LogP contribution in [0.4, 0.5) is 0 Å². The van der Waals surface area contributed by atoms with Gasteiger partial charge in [0.1, 0.15) is 5.78 Å².